The van der Waals surface area contributed by atoms with Crippen LogP contribution in [0.15, 0.2) is 12.4 Å². The molecule has 0 saturated heterocycles. The summed E-state index contributed by atoms with van der Waals surface area (Å²) in [6.45, 7) is 7.26. The lowest BCUT2D eigenvalue weighted by atomic mass is 9.75. The number of rotatable bonds is 4. The van der Waals surface area contributed by atoms with Crippen molar-refractivity contribution in [1.29, 1.82) is 0 Å². The third-order valence-electron chi connectivity index (χ3n) is 4.10. The van der Waals surface area contributed by atoms with Gasteiger partial charge in [-0.1, -0.05) is 27.2 Å². The number of aromatic nitrogens is 2. The van der Waals surface area contributed by atoms with Crippen LogP contribution < -0.4 is 10.5 Å². The molecule has 0 bridgehead atoms. The molecule has 1 fully saturated rings. The molecule has 1 heterocycles. The highest BCUT2D eigenvalue weighted by atomic mass is 16.5. The SMILES string of the molecule is CC1CCC(C(C)C)C(Oc2cncc(CN)n2)C1. The average molecular weight is 263 g/mol. The van der Waals surface area contributed by atoms with E-state index in [2.05, 4.69) is 30.7 Å². The molecule has 3 unspecified atom stereocenters. The summed E-state index contributed by atoms with van der Waals surface area (Å²) in [7, 11) is 0. The molecule has 0 radical (unpaired) electrons. The lowest BCUT2D eigenvalue weighted by Gasteiger charge is -2.36. The van der Waals surface area contributed by atoms with Crippen molar-refractivity contribution in [1.82, 2.24) is 9.97 Å². The van der Waals surface area contributed by atoms with Gasteiger partial charge in [-0.2, -0.15) is 0 Å². The minimum Gasteiger partial charge on any atom is -0.473 e. The zero-order valence-corrected chi connectivity index (χ0v) is 12.2. The summed E-state index contributed by atoms with van der Waals surface area (Å²) in [5, 5.41) is 0. The molecule has 1 aliphatic carbocycles. The average Bonchev–Trinajstić information content (AvgIpc) is 2.38. The number of nitrogens with zero attached hydrogens (tertiary/aromatic N) is 2. The molecule has 2 N–H and O–H groups in total. The van der Waals surface area contributed by atoms with E-state index >= 15 is 0 Å². The van der Waals surface area contributed by atoms with Gasteiger partial charge in [-0.15, -0.1) is 0 Å². The van der Waals surface area contributed by atoms with Gasteiger partial charge in [-0.3, -0.25) is 4.98 Å². The summed E-state index contributed by atoms with van der Waals surface area (Å²) in [5.74, 6) is 2.60. The van der Waals surface area contributed by atoms with Gasteiger partial charge in [0, 0.05) is 12.7 Å². The molecule has 0 aliphatic heterocycles. The highest BCUT2D eigenvalue weighted by molar-refractivity contribution is 5.09. The molecular formula is C15H25N3O. The van der Waals surface area contributed by atoms with E-state index in [1.165, 1.54) is 12.8 Å². The zero-order valence-electron chi connectivity index (χ0n) is 12.2. The maximum atomic E-state index is 6.11. The van der Waals surface area contributed by atoms with Crippen molar-refractivity contribution in [3.8, 4) is 5.88 Å². The predicted octanol–water partition coefficient (Wildman–Crippen LogP) is 2.77. The second-order valence-corrected chi connectivity index (χ2v) is 6.04. The van der Waals surface area contributed by atoms with Crippen LogP contribution >= 0.6 is 0 Å². The summed E-state index contributed by atoms with van der Waals surface area (Å²) in [5.41, 5.74) is 6.37. The molecule has 3 atom stereocenters. The normalized spacial score (nSPS) is 27.5. The minimum atomic E-state index is 0.256. The third-order valence-corrected chi connectivity index (χ3v) is 4.10. The van der Waals surface area contributed by atoms with E-state index in [9.17, 15) is 0 Å². The lowest BCUT2D eigenvalue weighted by Crippen LogP contribution is -2.36. The van der Waals surface area contributed by atoms with E-state index in [4.69, 9.17) is 10.5 Å². The summed E-state index contributed by atoms with van der Waals surface area (Å²) in [6.07, 6.45) is 7.29. The van der Waals surface area contributed by atoms with E-state index in [1.54, 1.807) is 12.4 Å². The second kappa shape index (κ2) is 6.33. The van der Waals surface area contributed by atoms with Crippen LogP contribution in [0.4, 0.5) is 0 Å². The van der Waals surface area contributed by atoms with Gasteiger partial charge >= 0.3 is 0 Å². The Morgan fingerprint density at radius 3 is 2.84 bits per heavy atom. The Kier molecular flexibility index (Phi) is 4.75. The fourth-order valence-electron chi connectivity index (χ4n) is 2.95. The Bertz CT molecular complexity index is 408. The number of nitrogens with two attached hydrogens (primary N) is 1. The van der Waals surface area contributed by atoms with Gasteiger partial charge in [0.25, 0.3) is 0 Å². The zero-order chi connectivity index (χ0) is 13.8. The molecule has 0 spiro atoms. The first-order valence-electron chi connectivity index (χ1n) is 7.27. The minimum absolute atomic E-state index is 0.256. The molecule has 4 nitrogen and oxygen atoms in total. The lowest BCUT2D eigenvalue weighted by molar-refractivity contribution is 0.0422. The van der Waals surface area contributed by atoms with Crippen LogP contribution in [-0.4, -0.2) is 16.1 Å². The van der Waals surface area contributed by atoms with Crippen molar-refractivity contribution in [2.24, 2.45) is 23.5 Å². The molecule has 0 amide bonds. The van der Waals surface area contributed by atoms with E-state index in [-0.39, 0.29) is 6.10 Å². The van der Waals surface area contributed by atoms with Crippen molar-refractivity contribution < 1.29 is 4.74 Å². The third kappa shape index (κ3) is 3.66. The first kappa shape index (κ1) is 14.3. The van der Waals surface area contributed by atoms with Crippen LogP contribution in [0.1, 0.15) is 45.7 Å². The van der Waals surface area contributed by atoms with E-state index in [0.29, 0.717) is 24.3 Å². The predicted molar refractivity (Wildman–Crippen MR) is 75.7 cm³/mol. The second-order valence-electron chi connectivity index (χ2n) is 6.04. The largest absolute Gasteiger partial charge is 0.473 e. The van der Waals surface area contributed by atoms with E-state index in [1.807, 2.05) is 0 Å². The highest BCUT2D eigenvalue weighted by Crippen LogP contribution is 2.35. The smallest absolute Gasteiger partial charge is 0.232 e. The number of hydrogen-bond acceptors (Lipinski definition) is 4. The van der Waals surface area contributed by atoms with E-state index in [0.717, 1.165) is 18.0 Å². The van der Waals surface area contributed by atoms with Crippen molar-refractivity contribution in [2.75, 3.05) is 0 Å². The monoisotopic (exact) mass is 263 g/mol. The fraction of sp³-hybridized carbons (Fsp3) is 0.733. The van der Waals surface area contributed by atoms with Crippen LogP contribution in [0.3, 0.4) is 0 Å². The molecule has 2 rings (SSSR count). The van der Waals surface area contributed by atoms with Gasteiger partial charge in [0.05, 0.1) is 11.9 Å². The van der Waals surface area contributed by atoms with Gasteiger partial charge in [0.1, 0.15) is 6.10 Å². The quantitative estimate of drug-likeness (QED) is 0.907. The van der Waals surface area contributed by atoms with Crippen LogP contribution in [-0.2, 0) is 6.54 Å². The Morgan fingerprint density at radius 1 is 1.37 bits per heavy atom. The van der Waals surface area contributed by atoms with Crippen LogP contribution in [0, 0.1) is 17.8 Å². The first-order valence-corrected chi connectivity index (χ1v) is 7.27. The topological polar surface area (TPSA) is 61.0 Å². The molecule has 106 valence electrons. The van der Waals surface area contributed by atoms with Crippen molar-refractivity contribution in [3.63, 3.8) is 0 Å². The summed E-state index contributed by atoms with van der Waals surface area (Å²) >= 11 is 0. The molecule has 1 aromatic heterocycles. The van der Waals surface area contributed by atoms with Crippen LogP contribution in [0.25, 0.3) is 0 Å². The molecule has 1 aromatic rings. The molecule has 1 saturated carbocycles. The Labute approximate surface area is 115 Å². The van der Waals surface area contributed by atoms with Crippen LogP contribution in [0.5, 0.6) is 5.88 Å². The van der Waals surface area contributed by atoms with Gasteiger partial charge in [0.2, 0.25) is 5.88 Å². The standard InChI is InChI=1S/C15H25N3O/c1-10(2)13-5-4-11(3)6-14(13)19-15-9-17-8-12(7-16)18-15/h8-11,13-14H,4-7,16H2,1-3H3. The van der Waals surface area contributed by atoms with Crippen molar-refractivity contribution in [3.05, 3.63) is 18.1 Å². The van der Waals surface area contributed by atoms with Gasteiger partial charge < -0.3 is 10.5 Å². The fourth-order valence-corrected chi connectivity index (χ4v) is 2.95. The maximum Gasteiger partial charge on any atom is 0.232 e. The molecule has 1 aliphatic rings. The Morgan fingerprint density at radius 2 is 2.16 bits per heavy atom. The summed E-state index contributed by atoms with van der Waals surface area (Å²) in [4.78, 5) is 8.54. The molecule has 19 heavy (non-hydrogen) atoms. The molecule has 4 heteroatoms. The Hall–Kier alpha value is -1.16. The highest BCUT2D eigenvalue weighted by Gasteiger charge is 2.32. The Balaban J connectivity index is 2.09. The van der Waals surface area contributed by atoms with E-state index < -0.39 is 0 Å². The van der Waals surface area contributed by atoms with Crippen LogP contribution in [0.2, 0.25) is 0 Å². The molecule has 0 aromatic carbocycles. The van der Waals surface area contributed by atoms with Crippen molar-refractivity contribution >= 4 is 0 Å². The molecular weight excluding hydrogens is 238 g/mol. The van der Waals surface area contributed by atoms with Gasteiger partial charge in [-0.05, 0) is 30.6 Å². The van der Waals surface area contributed by atoms with Gasteiger partial charge in [0.15, 0.2) is 0 Å². The van der Waals surface area contributed by atoms with Gasteiger partial charge in [-0.25, -0.2) is 4.98 Å². The summed E-state index contributed by atoms with van der Waals surface area (Å²) in [6, 6.07) is 0. The first-order chi connectivity index (χ1) is 9.10. The number of ether oxygens (including phenoxy) is 1. The van der Waals surface area contributed by atoms with Crippen molar-refractivity contribution in [2.45, 2.75) is 52.7 Å². The summed E-state index contributed by atoms with van der Waals surface area (Å²) < 4.78 is 6.11. The maximum absolute atomic E-state index is 6.11. The number of hydrogen-bond donors (Lipinski definition) is 1.